The van der Waals surface area contributed by atoms with Gasteiger partial charge in [0.1, 0.15) is 84.0 Å². The predicted molar refractivity (Wildman–Crippen MR) is 510 cm³/mol. The average Bonchev–Trinajstić information content (AvgIpc) is 1.72. The number of likely N-dealkylation sites (N-methyl/N-ethyl adjacent to an activating group) is 5. The van der Waals surface area contributed by atoms with Crippen molar-refractivity contribution in [3.05, 3.63) is 203 Å². The van der Waals surface area contributed by atoms with Gasteiger partial charge in [0, 0.05) is 120 Å². The number of aromatic nitrogens is 2. The number of H-pyrrole nitrogens is 2. The van der Waals surface area contributed by atoms with Gasteiger partial charge in [-0.2, -0.15) is 0 Å². The summed E-state index contributed by atoms with van der Waals surface area (Å²) in [5, 5.41) is 66.7. The first-order valence-corrected chi connectivity index (χ1v) is 46.4. The summed E-state index contributed by atoms with van der Waals surface area (Å²) >= 11 is 0.805. The van der Waals surface area contributed by atoms with E-state index in [9.17, 15) is 54.0 Å². The maximum absolute atomic E-state index is 15.8. The third kappa shape index (κ3) is 30.7. The Kier molecular flexibility index (Phi) is 39.2. The maximum Gasteiger partial charge on any atom is 0.305 e. The number of carbonyl (C=O) groups is 17. The molecule has 2 aromatic heterocycles. The first-order chi connectivity index (χ1) is 65.2. The van der Waals surface area contributed by atoms with Gasteiger partial charge in [0.2, 0.25) is 88.6 Å². The lowest BCUT2D eigenvalue weighted by atomic mass is 9.98. The number of nitrogens with one attached hydrogen (secondary N) is 11. The largest absolute Gasteiger partial charge is 0.508 e. The summed E-state index contributed by atoms with van der Waals surface area (Å²) in [7, 11) is 6.37. The Bertz CT molecular complexity index is 5600. The van der Waals surface area contributed by atoms with Crippen molar-refractivity contribution in [2.45, 2.75) is 191 Å². The molecule has 0 bridgehead atoms. The second kappa shape index (κ2) is 50.6. The Morgan fingerprint density at radius 2 is 0.883 bits per heavy atom. The topological polar surface area (TPSA) is 553 Å². The zero-order chi connectivity index (χ0) is 100. The lowest BCUT2D eigenvalue weighted by Gasteiger charge is -2.37. The molecular formula is C98H123N17O21S. The van der Waals surface area contributed by atoms with Gasteiger partial charge in [-0.3, -0.25) is 81.5 Å². The molecular weight excluding hydrogens is 1780 g/mol. The van der Waals surface area contributed by atoms with Crippen LogP contribution in [0.2, 0.25) is 0 Å². The first kappa shape index (κ1) is 106. The van der Waals surface area contributed by atoms with Gasteiger partial charge in [-0.1, -0.05) is 169 Å². The van der Waals surface area contributed by atoms with Crippen molar-refractivity contribution in [2.75, 3.05) is 59.8 Å². The molecule has 732 valence electrons. The molecule has 39 heteroatoms. The Balaban J connectivity index is 1.15. The second-order valence-electron chi connectivity index (χ2n) is 35.1. The molecule has 0 aliphatic carbocycles. The SMILES string of the molecule is CCCCC1C(=O)N(C)CC(=O)NC(CC(=O)O)C(=O)NC(C(C)C)C(=O)N(C)C(Cc2ccccc2)C(=O)NC(Cc2ccc(O)cc2)C(=O)N(C)C(CCC(=O)O)C(=O)NC(Cc2c[nH]c3ccccc23)C(=O)NC(Cc2ccc(O)cc2)C(=O)NC(CC(C)C)C(=O)NC(C(=O)NCC(N)=O)CSCC(=O)NC(Cc2ccccc2)C(=O)N(C)C(Cc2c[nH]c3ccccc23)C(=O)N1C. The van der Waals surface area contributed by atoms with E-state index in [4.69, 9.17) is 5.73 Å². The fraction of sp³-hybridized carbons (Fsp3) is 0.418. The van der Waals surface area contributed by atoms with Crippen LogP contribution >= 0.6 is 11.8 Å². The first-order valence-electron chi connectivity index (χ1n) is 45.2. The summed E-state index contributed by atoms with van der Waals surface area (Å²) in [6.07, 6.45) is -0.349. The number of amides is 15. The highest BCUT2D eigenvalue weighted by molar-refractivity contribution is 8.00. The number of carboxylic acid groups (broad SMARTS) is 2. The number of carboxylic acids is 2. The zero-order valence-electron chi connectivity index (χ0n) is 78.2. The van der Waals surface area contributed by atoms with Crippen molar-refractivity contribution in [3.63, 3.8) is 0 Å². The minimum absolute atomic E-state index is 0.000489. The quantitative estimate of drug-likeness (QED) is 0.0370. The predicted octanol–water partition coefficient (Wildman–Crippen LogP) is 3.04. The summed E-state index contributed by atoms with van der Waals surface area (Å²) in [6, 6.07) is 22.4. The normalized spacial score (nSPS) is 21.9. The van der Waals surface area contributed by atoms with Crippen molar-refractivity contribution in [1.29, 1.82) is 0 Å². The van der Waals surface area contributed by atoms with Crippen LogP contribution in [0.15, 0.2) is 170 Å². The van der Waals surface area contributed by atoms with Gasteiger partial charge >= 0.3 is 11.9 Å². The van der Waals surface area contributed by atoms with E-state index in [0.29, 0.717) is 68.0 Å². The standard InChI is InChI=1S/C98H123N17O21S/c1-11-12-31-78-96(134)111(6)53-82(119)103-73(49-85(123)124)91(129)110-86(57(4)5)98(136)114(9)79(46-59-25-17-14-18-26-59)93(131)108-75(45-61-34-38-65(117)39-35-61)95(133)112(7)77(40-41-84(121)122)92(130)107-72(47-62-50-100-68-29-21-19-27-66(62)68)90(128)106-71(43-60-32-36-64(116)37-33-60)89(127)105-70(42-56(2)3)88(126)109-76(87(125)102-52-81(99)118)54-137-55-83(120)104-74(44-58-23-15-13-16-24-58)94(132)115(10)80(97(135)113(78)8)48-63-51-101-69-30-22-20-28-67(63)69/h13-30,32-39,50-51,56-57,70-80,86,100-101,116-117H,11-12,31,40-49,52-55H2,1-10H3,(H2,99,118)(H,102,125)(H,103,119)(H,104,120)(H,105,127)(H,106,128)(H,107,130)(H,108,131)(H,109,126)(H,110,129)(H,121,122)(H,123,124). The number of hydrogen-bond acceptors (Lipinski definition) is 20. The lowest BCUT2D eigenvalue weighted by molar-refractivity contribution is -0.151. The van der Waals surface area contributed by atoms with E-state index in [1.165, 1.54) is 95.5 Å². The molecule has 12 atom stereocenters. The number of para-hydroxylation sites is 2. The van der Waals surface area contributed by atoms with Crippen LogP contribution in [0.25, 0.3) is 21.8 Å². The van der Waals surface area contributed by atoms with Gasteiger partial charge in [-0.15, -0.1) is 11.8 Å². The van der Waals surface area contributed by atoms with Crippen LogP contribution in [0.5, 0.6) is 11.5 Å². The van der Waals surface area contributed by atoms with E-state index in [1.54, 1.807) is 135 Å². The minimum atomic E-state index is -1.95. The summed E-state index contributed by atoms with van der Waals surface area (Å²) in [6.45, 7) is 6.80. The molecule has 0 radical (unpaired) electrons. The Hall–Kier alpha value is -14.7. The third-order valence-electron chi connectivity index (χ3n) is 23.9. The Morgan fingerprint density at radius 3 is 1.42 bits per heavy atom. The van der Waals surface area contributed by atoms with Crippen LogP contribution in [-0.4, -0.2) is 288 Å². The van der Waals surface area contributed by atoms with Gasteiger partial charge in [-0.25, -0.2) is 0 Å². The number of hydrogen-bond donors (Lipinski definition) is 16. The van der Waals surface area contributed by atoms with Crippen LogP contribution in [0.1, 0.15) is 113 Å². The number of phenols is 2. The number of aliphatic carboxylic acids is 2. The molecule has 6 aromatic carbocycles. The van der Waals surface area contributed by atoms with Crippen molar-refractivity contribution in [3.8, 4) is 11.5 Å². The molecule has 0 spiro atoms. The molecule has 9 rings (SSSR count). The molecule has 15 amide bonds. The summed E-state index contributed by atoms with van der Waals surface area (Å²) in [5.41, 5.74) is 9.44. The molecule has 12 unspecified atom stereocenters. The molecule has 38 nitrogen and oxygen atoms in total. The fourth-order valence-corrected chi connectivity index (χ4v) is 17.1. The molecule has 3 heterocycles. The van der Waals surface area contributed by atoms with E-state index in [2.05, 4.69) is 57.8 Å². The molecule has 1 aliphatic heterocycles. The number of fused-ring (bicyclic) bond motifs is 2. The molecule has 17 N–H and O–H groups in total. The molecule has 0 saturated carbocycles. The van der Waals surface area contributed by atoms with Gasteiger partial charge in [0.25, 0.3) is 0 Å². The second-order valence-corrected chi connectivity index (χ2v) is 36.1. The number of carbonyl (C=O) groups excluding carboxylic acids is 15. The summed E-state index contributed by atoms with van der Waals surface area (Å²) < 4.78 is 0. The lowest BCUT2D eigenvalue weighted by Crippen LogP contribution is -2.62. The number of phenolic OH excluding ortho intramolecular Hbond substituents is 2. The maximum atomic E-state index is 15.8. The van der Waals surface area contributed by atoms with Crippen molar-refractivity contribution in [2.24, 2.45) is 17.6 Å². The highest BCUT2D eigenvalue weighted by atomic mass is 32.2. The number of nitrogens with two attached hydrogens (primary N) is 1. The average molecular weight is 1910 g/mol. The number of thioether (sulfide) groups is 1. The number of primary amides is 1. The van der Waals surface area contributed by atoms with E-state index >= 15 is 47.9 Å². The van der Waals surface area contributed by atoms with Crippen molar-refractivity contribution >= 4 is 134 Å². The number of unbranched alkanes of at least 4 members (excludes halogenated alkanes) is 1. The van der Waals surface area contributed by atoms with Crippen LogP contribution in [0, 0.1) is 11.8 Å². The molecule has 8 aromatic rings. The van der Waals surface area contributed by atoms with Gasteiger partial charge in [0.05, 0.1) is 25.3 Å². The van der Waals surface area contributed by atoms with Gasteiger partial charge < -0.3 is 108 Å². The van der Waals surface area contributed by atoms with E-state index in [-0.39, 0.29) is 56.4 Å². The minimum Gasteiger partial charge on any atom is -0.508 e. The van der Waals surface area contributed by atoms with E-state index < -0.39 is 235 Å². The Labute approximate surface area is 797 Å². The number of rotatable bonds is 26. The highest BCUT2D eigenvalue weighted by Gasteiger charge is 2.44. The van der Waals surface area contributed by atoms with E-state index in [1.807, 2.05) is 6.92 Å². The number of nitrogens with zero attached hydrogens (tertiary/aromatic N) is 5. The number of aromatic amines is 2. The van der Waals surface area contributed by atoms with Crippen LogP contribution < -0.4 is 53.6 Å². The molecule has 1 aliphatic rings. The number of aromatic hydroxyl groups is 2. The zero-order valence-corrected chi connectivity index (χ0v) is 79.0. The summed E-state index contributed by atoms with van der Waals surface area (Å²) in [4.78, 5) is 263. The van der Waals surface area contributed by atoms with Crippen molar-refractivity contribution in [1.82, 2.24) is 82.3 Å². The van der Waals surface area contributed by atoms with Crippen molar-refractivity contribution < 1.29 is 102 Å². The third-order valence-corrected chi connectivity index (χ3v) is 24.9. The van der Waals surface area contributed by atoms with E-state index in [0.717, 1.165) is 38.4 Å². The highest BCUT2D eigenvalue weighted by Crippen LogP contribution is 2.27. The number of benzene rings is 6. The Morgan fingerprint density at radius 1 is 0.438 bits per heavy atom. The smallest absolute Gasteiger partial charge is 0.305 e. The molecule has 1 fully saturated rings. The van der Waals surface area contributed by atoms with Gasteiger partial charge in [0.15, 0.2) is 0 Å². The molecule has 137 heavy (non-hydrogen) atoms. The molecule has 1 saturated heterocycles. The fourth-order valence-electron chi connectivity index (χ4n) is 16.2. The van der Waals surface area contributed by atoms with Crippen LogP contribution in [-0.2, 0) is 120 Å². The van der Waals surface area contributed by atoms with Crippen LogP contribution in [0.4, 0.5) is 0 Å². The summed E-state index contributed by atoms with van der Waals surface area (Å²) in [5.74, 6) is -20.1. The monoisotopic (exact) mass is 1910 g/mol. The van der Waals surface area contributed by atoms with Gasteiger partial charge in [-0.05, 0) is 101 Å². The van der Waals surface area contributed by atoms with Crippen LogP contribution in [0.3, 0.4) is 0 Å².